The van der Waals surface area contributed by atoms with Gasteiger partial charge in [-0.2, -0.15) is 13.2 Å². The maximum atomic E-state index is 13.0. The molecule has 5 nitrogen and oxygen atoms in total. The number of hydrogen-bond acceptors (Lipinski definition) is 3. The molecule has 0 spiro atoms. The highest BCUT2D eigenvalue weighted by atomic mass is 19.4. The van der Waals surface area contributed by atoms with Crippen molar-refractivity contribution in [1.82, 2.24) is 10.6 Å². The number of carbonyl (C=O) groups excluding carboxylic acids is 2. The Hall–Kier alpha value is -3.03. The van der Waals surface area contributed by atoms with Crippen LogP contribution in [0.3, 0.4) is 0 Å². The van der Waals surface area contributed by atoms with Crippen LogP contribution in [0.4, 0.5) is 13.2 Å². The minimum absolute atomic E-state index is 0.0146. The molecule has 0 saturated carbocycles. The van der Waals surface area contributed by atoms with E-state index in [0.717, 1.165) is 28.8 Å². The number of amides is 2. The van der Waals surface area contributed by atoms with E-state index < -0.39 is 29.1 Å². The standard InChI is InChI=1S/C21H23F3N2O3/c1-13-8-9-14(2)19(15(13)3)29-12-18(27)25-10-11-26-20(28)16-6-4-5-7-17(16)21(22,23)24/h4-9H,10-12H2,1-3H3,(H,25,27)(H,26,28). The molecule has 0 aliphatic rings. The Labute approximate surface area is 167 Å². The quantitative estimate of drug-likeness (QED) is 0.689. The summed E-state index contributed by atoms with van der Waals surface area (Å²) >= 11 is 0. The number of hydrogen-bond donors (Lipinski definition) is 2. The molecule has 0 atom stereocenters. The van der Waals surface area contributed by atoms with E-state index in [-0.39, 0.29) is 19.7 Å². The molecule has 0 aromatic heterocycles. The van der Waals surface area contributed by atoms with Crippen molar-refractivity contribution in [3.8, 4) is 5.75 Å². The summed E-state index contributed by atoms with van der Waals surface area (Å²) < 4.78 is 44.5. The Balaban J connectivity index is 1.81. The van der Waals surface area contributed by atoms with Crippen LogP contribution < -0.4 is 15.4 Å². The van der Waals surface area contributed by atoms with Gasteiger partial charge in [-0.05, 0) is 49.6 Å². The van der Waals surface area contributed by atoms with Crippen LogP contribution in [-0.4, -0.2) is 31.5 Å². The van der Waals surface area contributed by atoms with E-state index in [0.29, 0.717) is 5.75 Å². The number of benzene rings is 2. The summed E-state index contributed by atoms with van der Waals surface area (Å²) in [6, 6.07) is 8.41. The van der Waals surface area contributed by atoms with Gasteiger partial charge in [0.15, 0.2) is 6.61 Å². The van der Waals surface area contributed by atoms with E-state index in [2.05, 4.69) is 10.6 Å². The second kappa shape index (κ2) is 9.45. The van der Waals surface area contributed by atoms with Crippen LogP contribution >= 0.6 is 0 Å². The number of nitrogens with one attached hydrogen (secondary N) is 2. The third kappa shape index (κ3) is 5.97. The van der Waals surface area contributed by atoms with Crippen LogP contribution in [0.25, 0.3) is 0 Å². The summed E-state index contributed by atoms with van der Waals surface area (Å²) in [4.78, 5) is 24.0. The van der Waals surface area contributed by atoms with Crippen molar-refractivity contribution in [3.05, 3.63) is 64.2 Å². The lowest BCUT2D eigenvalue weighted by Gasteiger charge is -2.14. The average molecular weight is 408 g/mol. The monoisotopic (exact) mass is 408 g/mol. The Kier molecular flexibility index (Phi) is 7.25. The van der Waals surface area contributed by atoms with Crippen molar-refractivity contribution in [1.29, 1.82) is 0 Å². The molecule has 8 heteroatoms. The second-order valence-corrected chi connectivity index (χ2v) is 6.59. The summed E-state index contributed by atoms with van der Waals surface area (Å²) in [7, 11) is 0. The lowest BCUT2D eigenvalue weighted by atomic mass is 10.1. The van der Waals surface area contributed by atoms with Crippen LogP contribution in [0.5, 0.6) is 5.75 Å². The lowest BCUT2D eigenvalue weighted by Crippen LogP contribution is -2.37. The largest absolute Gasteiger partial charge is 0.483 e. The topological polar surface area (TPSA) is 67.4 Å². The van der Waals surface area contributed by atoms with Crippen molar-refractivity contribution in [2.75, 3.05) is 19.7 Å². The first-order chi connectivity index (χ1) is 13.6. The summed E-state index contributed by atoms with van der Waals surface area (Å²) in [6.07, 6.45) is -4.62. The first kappa shape index (κ1) is 22.3. The SMILES string of the molecule is Cc1ccc(C)c(OCC(=O)NCCNC(=O)c2ccccc2C(F)(F)F)c1C. The van der Waals surface area contributed by atoms with Crippen molar-refractivity contribution in [2.24, 2.45) is 0 Å². The second-order valence-electron chi connectivity index (χ2n) is 6.59. The van der Waals surface area contributed by atoms with Gasteiger partial charge in [-0.25, -0.2) is 0 Å². The summed E-state index contributed by atoms with van der Waals surface area (Å²) in [6.45, 7) is 5.59. The van der Waals surface area contributed by atoms with Gasteiger partial charge >= 0.3 is 6.18 Å². The third-order valence-corrected chi connectivity index (χ3v) is 4.43. The van der Waals surface area contributed by atoms with E-state index in [1.807, 2.05) is 32.9 Å². The van der Waals surface area contributed by atoms with Gasteiger partial charge in [-0.1, -0.05) is 24.3 Å². The van der Waals surface area contributed by atoms with Gasteiger partial charge in [0.1, 0.15) is 5.75 Å². The Morgan fingerprint density at radius 2 is 1.55 bits per heavy atom. The van der Waals surface area contributed by atoms with Crippen LogP contribution in [0.2, 0.25) is 0 Å². The Bertz CT molecular complexity index is 895. The lowest BCUT2D eigenvalue weighted by molar-refractivity contribution is -0.138. The highest BCUT2D eigenvalue weighted by Crippen LogP contribution is 2.31. The highest BCUT2D eigenvalue weighted by Gasteiger charge is 2.34. The van der Waals surface area contributed by atoms with Gasteiger partial charge in [-0.15, -0.1) is 0 Å². The molecule has 2 aromatic carbocycles. The van der Waals surface area contributed by atoms with Crippen LogP contribution in [-0.2, 0) is 11.0 Å². The highest BCUT2D eigenvalue weighted by molar-refractivity contribution is 5.95. The number of alkyl halides is 3. The smallest absolute Gasteiger partial charge is 0.417 e. The third-order valence-electron chi connectivity index (χ3n) is 4.43. The number of ether oxygens (including phenoxy) is 1. The van der Waals surface area contributed by atoms with E-state index in [1.54, 1.807) is 0 Å². The number of rotatable bonds is 7. The van der Waals surface area contributed by atoms with E-state index >= 15 is 0 Å². The van der Waals surface area contributed by atoms with E-state index in [9.17, 15) is 22.8 Å². The summed E-state index contributed by atoms with van der Waals surface area (Å²) in [5.41, 5.74) is 1.46. The first-order valence-electron chi connectivity index (χ1n) is 9.02. The molecule has 0 fully saturated rings. The van der Waals surface area contributed by atoms with E-state index in [4.69, 9.17) is 4.74 Å². The summed E-state index contributed by atoms with van der Waals surface area (Å²) in [5, 5.41) is 4.93. The molecule has 29 heavy (non-hydrogen) atoms. The molecule has 2 aromatic rings. The van der Waals surface area contributed by atoms with Crippen LogP contribution in [0, 0.1) is 20.8 Å². The zero-order valence-corrected chi connectivity index (χ0v) is 16.4. The molecule has 0 bridgehead atoms. The molecule has 0 aliphatic heterocycles. The van der Waals surface area contributed by atoms with Crippen molar-refractivity contribution in [3.63, 3.8) is 0 Å². The Morgan fingerprint density at radius 1 is 0.931 bits per heavy atom. The molecule has 0 heterocycles. The number of carbonyl (C=O) groups is 2. The zero-order chi connectivity index (χ0) is 21.6. The van der Waals surface area contributed by atoms with Gasteiger partial charge in [0.2, 0.25) is 0 Å². The maximum absolute atomic E-state index is 13.0. The van der Waals surface area contributed by atoms with Gasteiger partial charge in [0.25, 0.3) is 11.8 Å². The number of halogens is 3. The molecule has 0 unspecified atom stereocenters. The fourth-order valence-electron chi connectivity index (χ4n) is 2.74. The maximum Gasteiger partial charge on any atom is 0.417 e. The van der Waals surface area contributed by atoms with Gasteiger partial charge < -0.3 is 15.4 Å². The zero-order valence-electron chi connectivity index (χ0n) is 16.4. The Morgan fingerprint density at radius 3 is 2.24 bits per heavy atom. The normalized spacial score (nSPS) is 11.1. The fraction of sp³-hybridized carbons (Fsp3) is 0.333. The van der Waals surface area contributed by atoms with Crippen molar-refractivity contribution in [2.45, 2.75) is 26.9 Å². The number of aryl methyl sites for hydroxylation is 2. The molecule has 0 saturated heterocycles. The molecule has 0 aliphatic carbocycles. The molecule has 2 amide bonds. The molecule has 156 valence electrons. The van der Waals surface area contributed by atoms with Crippen LogP contribution in [0.15, 0.2) is 36.4 Å². The van der Waals surface area contributed by atoms with E-state index in [1.165, 1.54) is 12.1 Å². The van der Waals surface area contributed by atoms with Crippen molar-refractivity contribution >= 4 is 11.8 Å². The van der Waals surface area contributed by atoms with Crippen LogP contribution in [0.1, 0.15) is 32.6 Å². The predicted molar refractivity (Wildman–Crippen MR) is 103 cm³/mol. The van der Waals surface area contributed by atoms with Gasteiger partial charge in [0.05, 0.1) is 11.1 Å². The molecular formula is C21H23F3N2O3. The molecule has 2 rings (SSSR count). The predicted octanol–water partition coefficient (Wildman–Crippen LogP) is 3.56. The summed E-state index contributed by atoms with van der Waals surface area (Å²) in [5.74, 6) is -0.595. The fourth-order valence-corrected chi connectivity index (χ4v) is 2.74. The first-order valence-corrected chi connectivity index (χ1v) is 9.02. The van der Waals surface area contributed by atoms with Gasteiger partial charge in [-0.3, -0.25) is 9.59 Å². The molecular weight excluding hydrogens is 385 g/mol. The molecule has 0 radical (unpaired) electrons. The van der Waals surface area contributed by atoms with Gasteiger partial charge in [0, 0.05) is 13.1 Å². The van der Waals surface area contributed by atoms with Crippen molar-refractivity contribution < 1.29 is 27.5 Å². The molecule has 2 N–H and O–H groups in total. The minimum atomic E-state index is -4.62. The average Bonchev–Trinajstić information content (AvgIpc) is 2.67. The minimum Gasteiger partial charge on any atom is -0.483 e.